The van der Waals surface area contributed by atoms with Crippen molar-refractivity contribution in [2.45, 2.75) is 0 Å². The number of benzene rings is 1. The third kappa shape index (κ3) is 3.59. The Labute approximate surface area is 95.9 Å². The quantitative estimate of drug-likeness (QED) is 0.872. The van der Waals surface area contributed by atoms with Gasteiger partial charge in [0.1, 0.15) is 0 Å². The summed E-state index contributed by atoms with van der Waals surface area (Å²) in [5.74, 6) is 0. The average Bonchev–Trinajstić information content (AvgIpc) is 2.07. The fourth-order valence-corrected chi connectivity index (χ4v) is 1.37. The molecule has 1 rings (SSSR count). The van der Waals surface area contributed by atoms with Crippen molar-refractivity contribution in [1.29, 1.82) is 0 Å². The lowest BCUT2D eigenvalue weighted by molar-refractivity contribution is 1.31. The highest BCUT2D eigenvalue weighted by Gasteiger charge is 1.98. The summed E-state index contributed by atoms with van der Waals surface area (Å²) < 4.78 is 0.861. The molecule has 0 amide bonds. The van der Waals surface area contributed by atoms with Crippen LogP contribution in [0.5, 0.6) is 0 Å². The molecule has 0 bridgehead atoms. The summed E-state index contributed by atoms with van der Waals surface area (Å²) in [6, 6.07) is 5.58. The second kappa shape index (κ2) is 4.89. The van der Waals surface area contributed by atoms with E-state index in [2.05, 4.69) is 27.8 Å². The molecule has 0 aliphatic rings. The zero-order valence-corrected chi connectivity index (χ0v) is 9.88. The molecule has 0 radical (unpaired) electrons. The Morgan fingerprint density at radius 2 is 2.23 bits per heavy atom. The molecule has 0 atom stereocenters. The fraction of sp³-hybridized carbons (Fsp3) is 0.111. The third-order valence-electron chi connectivity index (χ3n) is 1.40. The van der Waals surface area contributed by atoms with Crippen LogP contribution in [0.4, 0.5) is 5.69 Å². The molecule has 0 fully saturated rings. The van der Waals surface area contributed by atoms with Gasteiger partial charge in [-0.15, -0.1) is 0 Å². The van der Waals surface area contributed by atoms with Gasteiger partial charge < -0.3 is 5.32 Å². The summed E-state index contributed by atoms with van der Waals surface area (Å²) in [6.45, 7) is 4.13. The summed E-state index contributed by atoms with van der Waals surface area (Å²) in [7, 11) is 0. The molecule has 70 valence electrons. The van der Waals surface area contributed by atoms with E-state index in [-0.39, 0.29) is 0 Å². The van der Waals surface area contributed by atoms with Crippen LogP contribution in [0.25, 0.3) is 0 Å². The first kappa shape index (κ1) is 10.9. The number of nitrogens with one attached hydrogen (secondary N) is 1. The van der Waals surface area contributed by atoms with Crippen LogP contribution in [-0.4, -0.2) is 6.54 Å². The Morgan fingerprint density at radius 3 is 2.77 bits per heavy atom. The minimum absolute atomic E-state index is 0.551. The van der Waals surface area contributed by atoms with Crippen LogP contribution in [0.3, 0.4) is 0 Å². The second-order valence-corrected chi connectivity index (χ2v) is 4.30. The summed E-state index contributed by atoms with van der Waals surface area (Å²) in [4.78, 5) is 0. The van der Waals surface area contributed by atoms with Crippen LogP contribution in [0, 0.1) is 0 Å². The number of halogens is 3. The molecular weight excluding hydrogens is 273 g/mol. The summed E-state index contributed by atoms with van der Waals surface area (Å²) >= 11 is 14.8. The lowest BCUT2D eigenvalue weighted by Gasteiger charge is -2.05. The van der Waals surface area contributed by atoms with Crippen molar-refractivity contribution < 1.29 is 0 Å². The van der Waals surface area contributed by atoms with Crippen molar-refractivity contribution >= 4 is 44.8 Å². The molecule has 4 heteroatoms. The second-order valence-electron chi connectivity index (χ2n) is 2.50. The van der Waals surface area contributed by atoms with Gasteiger partial charge in [0.15, 0.2) is 0 Å². The normalized spacial score (nSPS) is 9.77. The van der Waals surface area contributed by atoms with Gasteiger partial charge in [0.2, 0.25) is 0 Å². The third-order valence-corrected chi connectivity index (χ3v) is 2.75. The smallest absolute Gasteiger partial charge is 0.0549 e. The number of hydrogen-bond donors (Lipinski definition) is 1. The molecule has 1 nitrogen and oxygen atoms in total. The minimum atomic E-state index is 0.551. The van der Waals surface area contributed by atoms with Crippen LogP contribution >= 0.6 is 39.1 Å². The first-order chi connectivity index (χ1) is 6.09. The molecule has 1 aromatic rings. The van der Waals surface area contributed by atoms with E-state index in [1.165, 1.54) is 0 Å². The lowest BCUT2D eigenvalue weighted by Crippen LogP contribution is -2.00. The molecule has 0 heterocycles. The van der Waals surface area contributed by atoms with Gasteiger partial charge in [-0.25, -0.2) is 0 Å². The van der Waals surface area contributed by atoms with Crippen molar-refractivity contribution in [3.05, 3.63) is 39.3 Å². The van der Waals surface area contributed by atoms with Gasteiger partial charge in [-0.05, 0) is 34.1 Å². The molecule has 0 aliphatic carbocycles. The van der Waals surface area contributed by atoms with E-state index < -0.39 is 0 Å². The van der Waals surface area contributed by atoms with Crippen molar-refractivity contribution in [3.63, 3.8) is 0 Å². The maximum atomic E-state index is 5.83. The Kier molecular flexibility index (Phi) is 4.10. The molecule has 0 saturated heterocycles. The van der Waals surface area contributed by atoms with Crippen LogP contribution in [0.15, 0.2) is 34.3 Å². The van der Waals surface area contributed by atoms with Gasteiger partial charge in [0.05, 0.1) is 11.6 Å². The largest absolute Gasteiger partial charge is 0.380 e. The molecule has 0 aliphatic heterocycles. The Balaban J connectivity index is 2.68. The fourth-order valence-electron chi connectivity index (χ4n) is 0.804. The SMILES string of the molecule is C=C(Cl)CNc1ccc(Cl)c(Br)c1. The maximum absolute atomic E-state index is 5.83. The molecule has 0 unspecified atom stereocenters. The predicted molar refractivity (Wildman–Crippen MR) is 62.6 cm³/mol. The topological polar surface area (TPSA) is 12.0 Å². The standard InChI is InChI=1S/C9H8BrCl2N/c1-6(11)5-13-7-2-3-9(12)8(10)4-7/h2-4,13H,1,5H2. The predicted octanol–water partition coefficient (Wildman–Crippen LogP) is 4.27. The van der Waals surface area contributed by atoms with Gasteiger partial charge in [-0.2, -0.15) is 0 Å². The van der Waals surface area contributed by atoms with Crippen molar-refractivity contribution in [3.8, 4) is 0 Å². The Morgan fingerprint density at radius 1 is 1.54 bits per heavy atom. The highest BCUT2D eigenvalue weighted by Crippen LogP contribution is 2.25. The number of rotatable bonds is 3. The molecule has 0 saturated carbocycles. The van der Waals surface area contributed by atoms with Crippen molar-refractivity contribution in [1.82, 2.24) is 0 Å². The van der Waals surface area contributed by atoms with E-state index in [4.69, 9.17) is 23.2 Å². The molecule has 1 aromatic carbocycles. The van der Waals surface area contributed by atoms with Gasteiger partial charge in [0.25, 0.3) is 0 Å². The van der Waals surface area contributed by atoms with Crippen LogP contribution in [0.1, 0.15) is 0 Å². The molecule has 13 heavy (non-hydrogen) atoms. The zero-order valence-electron chi connectivity index (χ0n) is 6.78. The molecular formula is C9H8BrCl2N. The Bertz CT molecular complexity index is 325. The lowest BCUT2D eigenvalue weighted by atomic mass is 10.3. The summed E-state index contributed by atoms with van der Waals surface area (Å²) in [6.07, 6.45) is 0. The molecule has 0 spiro atoms. The van der Waals surface area contributed by atoms with Gasteiger partial charge >= 0.3 is 0 Å². The van der Waals surface area contributed by atoms with E-state index in [0.29, 0.717) is 16.6 Å². The van der Waals surface area contributed by atoms with Crippen LogP contribution in [0.2, 0.25) is 5.02 Å². The van der Waals surface area contributed by atoms with Gasteiger partial charge in [-0.3, -0.25) is 0 Å². The van der Waals surface area contributed by atoms with Crippen molar-refractivity contribution in [2.75, 3.05) is 11.9 Å². The minimum Gasteiger partial charge on any atom is -0.380 e. The van der Waals surface area contributed by atoms with E-state index in [0.717, 1.165) is 10.2 Å². The highest BCUT2D eigenvalue weighted by molar-refractivity contribution is 9.10. The maximum Gasteiger partial charge on any atom is 0.0549 e. The summed E-state index contributed by atoms with van der Waals surface area (Å²) in [5, 5.41) is 4.36. The van der Waals surface area contributed by atoms with Crippen LogP contribution in [-0.2, 0) is 0 Å². The monoisotopic (exact) mass is 279 g/mol. The molecule has 0 aromatic heterocycles. The van der Waals surface area contributed by atoms with Crippen LogP contribution < -0.4 is 5.32 Å². The van der Waals surface area contributed by atoms with E-state index >= 15 is 0 Å². The zero-order chi connectivity index (χ0) is 9.84. The summed E-state index contributed by atoms with van der Waals surface area (Å²) in [5.41, 5.74) is 0.957. The van der Waals surface area contributed by atoms with E-state index in [9.17, 15) is 0 Å². The molecule has 1 N–H and O–H groups in total. The first-order valence-corrected chi connectivity index (χ1v) is 5.16. The van der Waals surface area contributed by atoms with Gasteiger partial charge in [-0.1, -0.05) is 29.8 Å². The first-order valence-electron chi connectivity index (χ1n) is 3.62. The number of anilines is 1. The van der Waals surface area contributed by atoms with E-state index in [1.54, 1.807) is 0 Å². The van der Waals surface area contributed by atoms with E-state index in [1.807, 2.05) is 18.2 Å². The number of hydrogen-bond acceptors (Lipinski definition) is 1. The Hall–Kier alpha value is -0.180. The van der Waals surface area contributed by atoms with Gasteiger partial charge in [0, 0.05) is 15.2 Å². The van der Waals surface area contributed by atoms with Crippen molar-refractivity contribution in [2.24, 2.45) is 0 Å². The average molecular weight is 281 g/mol. The highest BCUT2D eigenvalue weighted by atomic mass is 79.9.